The Labute approximate surface area is 284 Å². The Morgan fingerprint density at radius 2 is 0.550 bits per heavy atom. The van der Waals surface area contributed by atoms with E-state index in [1.54, 1.807) is 25.7 Å². The van der Waals surface area contributed by atoms with E-state index in [1.807, 2.05) is 0 Å². The predicted octanol–water partition coefficient (Wildman–Crippen LogP) is 11.5. The number of rotatable bonds is 8. The van der Waals surface area contributed by atoms with Crippen LogP contribution in [0.25, 0.3) is 0 Å². The zero-order chi connectivity index (χ0) is 32.1. The molecular formula is C30H74Si6Sn4. The van der Waals surface area contributed by atoms with Crippen LogP contribution in [0.3, 0.4) is 0 Å². The Morgan fingerprint density at radius 3 is 0.675 bits per heavy atom. The van der Waals surface area contributed by atoms with E-state index in [4.69, 9.17) is 0 Å². The third-order valence-corrected chi connectivity index (χ3v) is 259. The second-order valence-corrected chi connectivity index (χ2v) is 123. The van der Waals surface area contributed by atoms with Crippen molar-refractivity contribution in [3.05, 3.63) is 0 Å². The normalized spacial score (nSPS) is 30.6. The summed E-state index contributed by atoms with van der Waals surface area (Å²) in [7, 11) is -8.11. The summed E-state index contributed by atoms with van der Waals surface area (Å²) in [5.41, 5.74) is 0. The van der Waals surface area contributed by atoms with Crippen LogP contribution in [0.2, 0.25) is 145 Å². The van der Waals surface area contributed by atoms with Crippen LogP contribution in [-0.4, -0.2) is 118 Å². The SMILES string of the molecule is [CH3][Sn]([CH3])[C@@]1([Si](C)(C)C)CC[C]([Si](C)(C)C)([Si](C)(C)C)/[Sn]1=[Sn]1\[C]([Si](C)(C)C)([Si](C)(C)C)CC[C@@]1([Sn]([CH3])[CH3])[Si](C)(C)C. The molecule has 2 fully saturated rings. The fourth-order valence-electron chi connectivity index (χ4n) is 12.1. The molecule has 0 nitrogen and oxygen atoms in total. The van der Waals surface area contributed by atoms with Gasteiger partial charge in [-0.25, -0.2) is 0 Å². The van der Waals surface area contributed by atoms with Crippen molar-refractivity contribution in [2.75, 3.05) is 0 Å². The monoisotopic (exact) mass is 1080 g/mol. The molecule has 2 atom stereocenters. The van der Waals surface area contributed by atoms with E-state index in [1.165, 1.54) is 0 Å². The number of hydrogen-bond acceptors (Lipinski definition) is 0. The van der Waals surface area contributed by atoms with Gasteiger partial charge in [0.05, 0.1) is 0 Å². The van der Waals surface area contributed by atoms with E-state index in [9.17, 15) is 0 Å². The van der Waals surface area contributed by atoms with E-state index in [-0.39, 0.29) is 0 Å². The second-order valence-electron chi connectivity index (χ2n) is 20.9. The summed E-state index contributed by atoms with van der Waals surface area (Å²) >= 11 is -7.13. The summed E-state index contributed by atoms with van der Waals surface area (Å²) in [5.74, 6) is 0. The Kier molecular flexibility index (Phi) is 12.3. The first-order valence-electron chi connectivity index (χ1n) is 16.7. The molecule has 10 heteroatoms. The summed E-state index contributed by atoms with van der Waals surface area (Å²) in [4.78, 5) is 12.0. The molecule has 0 aliphatic carbocycles. The van der Waals surface area contributed by atoms with Crippen molar-refractivity contribution in [1.82, 2.24) is 0 Å². The average Bonchev–Trinajstić information content (AvgIpc) is 3.21. The predicted molar refractivity (Wildman–Crippen MR) is 216 cm³/mol. The van der Waals surface area contributed by atoms with Crippen LogP contribution in [0.15, 0.2) is 0 Å². The summed E-state index contributed by atoms with van der Waals surface area (Å²) in [6, 6.07) is 0. The van der Waals surface area contributed by atoms with Crippen LogP contribution >= 0.6 is 0 Å². The van der Waals surface area contributed by atoms with Crippen LogP contribution in [0.4, 0.5) is 0 Å². The molecule has 0 unspecified atom stereocenters. The van der Waals surface area contributed by atoms with Crippen molar-refractivity contribution >= 4 is 118 Å². The molecule has 0 bridgehead atoms. The van der Waals surface area contributed by atoms with Gasteiger partial charge in [-0.2, -0.15) is 0 Å². The maximum absolute atomic E-state index is 3.00. The van der Waals surface area contributed by atoms with Crippen LogP contribution in [0.5, 0.6) is 0 Å². The van der Waals surface area contributed by atoms with E-state index < -0.39 is 118 Å². The van der Waals surface area contributed by atoms with Gasteiger partial charge in [-0.15, -0.1) is 0 Å². The molecule has 2 aliphatic heterocycles. The van der Waals surface area contributed by atoms with E-state index in [0.29, 0.717) is 0 Å². The molecular weight excluding hydrogens is 1000 g/mol. The zero-order valence-electron chi connectivity index (χ0n) is 31.8. The van der Waals surface area contributed by atoms with Crippen molar-refractivity contribution in [2.45, 2.75) is 171 Å². The molecule has 0 spiro atoms. The first-order chi connectivity index (χ1) is 17.3. The Bertz CT molecular complexity index is 888. The summed E-state index contributed by atoms with van der Waals surface area (Å²) < 4.78 is 4.03. The van der Waals surface area contributed by atoms with Crippen molar-refractivity contribution in [3.63, 3.8) is 0 Å². The molecule has 40 heavy (non-hydrogen) atoms. The van der Waals surface area contributed by atoms with Crippen molar-refractivity contribution < 1.29 is 0 Å². The van der Waals surface area contributed by atoms with Gasteiger partial charge in [-0.1, -0.05) is 0 Å². The molecule has 0 amide bonds. The van der Waals surface area contributed by atoms with Gasteiger partial charge in [0.15, 0.2) is 0 Å². The van der Waals surface area contributed by atoms with Crippen LogP contribution in [0, 0.1) is 0 Å². The van der Waals surface area contributed by atoms with Crippen LogP contribution in [-0.2, 0) is 0 Å². The van der Waals surface area contributed by atoms with Gasteiger partial charge >= 0.3 is 289 Å². The molecule has 234 valence electrons. The fourth-order valence-corrected chi connectivity index (χ4v) is 477. The molecule has 0 aromatic heterocycles. The summed E-state index contributed by atoms with van der Waals surface area (Å²) in [5, 5.41) is 0. The van der Waals surface area contributed by atoms with Gasteiger partial charge in [0.1, 0.15) is 0 Å². The first-order valence-corrected chi connectivity index (χ1v) is 68.6. The minimum atomic E-state index is -2.01. The molecule has 0 aromatic carbocycles. The molecule has 2 aliphatic rings. The zero-order valence-corrected chi connectivity index (χ0v) is 49.2. The topological polar surface area (TPSA) is 0 Å². The van der Waals surface area contributed by atoms with Gasteiger partial charge in [0.25, 0.3) is 0 Å². The maximum atomic E-state index is 3.00. The Morgan fingerprint density at radius 1 is 0.350 bits per heavy atom. The van der Waals surface area contributed by atoms with Gasteiger partial charge in [-0.3, -0.25) is 0 Å². The molecule has 2 rings (SSSR count). The van der Waals surface area contributed by atoms with Gasteiger partial charge < -0.3 is 0 Å². The van der Waals surface area contributed by atoms with E-state index >= 15 is 0 Å². The van der Waals surface area contributed by atoms with Crippen molar-refractivity contribution in [1.29, 1.82) is 0 Å². The van der Waals surface area contributed by atoms with Gasteiger partial charge in [-0.05, 0) is 0 Å². The standard InChI is InChI=1S/2C13H31Si3.4CH3.4Sn/c2*1-14(2,3)12-10-11-13(15(4,5)6)16(7,8)9;;;;;;;;/h2*10-11H2,1-9H3;4*1H3;;;;. The molecule has 0 saturated carbocycles. The molecule has 2 heterocycles. The summed E-state index contributed by atoms with van der Waals surface area (Å²) in [6.45, 7) is 53.5. The molecule has 2 saturated heterocycles. The second kappa shape index (κ2) is 12.1. The number of hydrogen-bond donors (Lipinski definition) is 0. The molecule has 0 aromatic rings. The molecule has 0 N–H and O–H groups in total. The fraction of sp³-hybridized carbons (Fsp3) is 1.00. The van der Waals surface area contributed by atoms with Gasteiger partial charge in [0, 0.05) is 0 Å². The summed E-state index contributed by atoms with van der Waals surface area (Å²) in [6.07, 6.45) is 7.07. The third-order valence-electron chi connectivity index (χ3n) is 13.1. The third kappa shape index (κ3) is 5.78. The van der Waals surface area contributed by atoms with Crippen LogP contribution < -0.4 is 0 Å². The van der Waals surface area contributed by atoms with E-state index in [2.05, 4.69) is 138 Å². The average molecular weight is 1080 g/mol. The van der Waals surface area contributed by atoms with Crippen LogP contribution in [0.1, 0.15) is 25.7 Å². The minimum absolute atomic E-state index is 0.966. The molecule has 2 radical (unpaired) electrons. The first kappa shape index (κ1) is 40.7. The van der Waals surface area contributed by atoms with Crippen molar-refractivity contribution in [2.24, 2.45) is 0 Å². The Hall–Kier alpha value is 4.50. The van der Waals surface area contributed by atoms with E-state index in [0.717, 1.165) is 7.50 Å². The Balaban J connectivity index is 3.70. The van der Waals surface area contributed by atoms with Crippen molar-refractivity contribution in [3.8, 4) is 0 Å². The van der Waals surface area contributed by atoms with Gasteiger partial charge in [0.2, 0.25) is 0 Å². The quantitative estimate of drug-likeness (QED) is 0.213.